The highest BCUT2D eigenvalue weighted by atomic mass is 19.1. The fourth-order valence-corrected chi connectivity index (χ4v) is 1.63. The average molecular weight is 276 g/mol. The van der Waals surface area contributed by atoms with Crippen LogP contribution in [0.5, 0.6) is 0 Å². The summed E-state index contributed by atoms with van der Waals surface area (Å²) in [6, 6.07) is 8.17. The number of nitrogens with zero attached hydrogens (tertiary/aromatic N) is 2. The van der Waals surface area contributed by atoms with Crippen molar-refractivity contribution in [2.24, 2.45) is 0 Å². The first-order chi connectivity index (χ1) is 9.79. The quantitative estimate of drug-likeness (QED) is 0.761. The summed E-state index contributed by atoms with van der Waals surface area (Å²) in [4.78, 5) is 8.33. The van der Waals surface area contributed by atoms with E-state index in [1.54, 1.807) is 37.6 Å². The normalized spacial score (nSPS) is 10.3. The van der Waals surface area contributed by atoms with Gasteiger partial charge in [0.1, 0.15) is 11.6 Å². The highest BCUT2D eigenvalue weighted by molar-refractivity contribution is 5.55. The minimum atomic E-state index is -0.338. The van der Waals surface area contributed by atoms with Crippen LogP contribution in [0, 0.1) is 5.82 Å². The second-order valence-corrected chi connectivity index (χ2v) is 4.14. The molecule has 0 unspecified atom stereocenters. The lowest BCUT2D eigenvalue weighted by Gasteiger charge is -2.08. The van der Waals surface area contributed by atoms with Gasteiger partial charge in [0, 0.05) is 26.5 Å². The van der Waals surface area contributed by atoms with Gasteiger partial charge in [-0.25, -0.2) is 9.37 Å². The minimum absolute atomic E-state index is 0.338. The Kier molecular flexibility index (Phi) is 5.25. The fourth-order valence-electron chi connectivity index (χ4n) is 1.63. The van der Waals surface area contributed by atoms with Gasteiger partial charge >= 0.3 is 0 Å². The summed E-state index contributed by atoms with van der Waals surface area (Å²) < 4.78 is 18.5. The van der Waals surface area contributed by atoms with Gasteiger partial charge in [0.25, 0.3) is 0 Å². The van der Waals surface area contributed by atoms with E-state index in [1.165, 1.54) is 6.07 Å². The molecule has 0 atom stereocenters. The van der Waals surface area contributed by atoms with Crippen molar-refractivity contribution >= 4 is 17.5 Å². The molecule has 6 heteroatoms. The van der Waals surface area contributed by atoms with Crippen LogP contribution in [0.1, 0.15) is 6.42 Å². The Hall–Kier alpha value is -2.21. The Bertz CT molecular complexity index is 550. The molecule has 0 fully saturated rings. The molecule has 0 aliphatic rings. The Morgan fingerprint density at radius 1 is 1.25 bits per heavy atom. The Morgan fingerprint density at radius 3 is 2.90 bits per heavy atom. The van der Waals surface area contributed by atoms with Crippen LogP contribution in [0.25, 0.3) is 0 Å². The molecule has 106 valence electrons. The number of hydrogen-bond donors (Lipinski definition) is 2. The zero-order valence-electron chi connectivity index (χ0n) is 11.3. The third-order valence-electron chi connectivity index (χ3n) is 2.61. The number of nitrogens with one attached hydrogen (secondary N) is 2. The van der Waals surface area contributed by atoms with Gasteiger partial charge in [0.05, 0.1) is 5.69 Å². The van der Waals surface area contributed by atoms with E-state index in [1.807, 2.05) is 0 Å². The van der Waals surface area contributed by atoms with Crippen LogP contribution in [-0.4, -0.2) is 30.2 Å². The maximum Gasteiger partial charge on any atom is 0.229 e. The van der Waals surface area contributed by atoms with Gasteiger partial charge in [-0.1, -0.05) is 12.1 Å². The van der Waals surface area contributed by atoms with Crippen molar-refractivity contribution < 1.29 is 9.13 Å². The zero-order valence-corrected chi connectivity index (χ0v) is 11.3. The van der Waals surface area contributed by atoms with Crippen LogP contribution in [0.15, 0.2) is 36.5 Å². The summed E-state index contributed by atoms with van der Waals surface area (Å²) in [6.07, 6.45) is 2.51. The van der Waals surface area contributed by atoms with Gasteiger partial charge < -0.3 is 15.4 Å². The van der Waals surface area contributed by atoms with Crippen LogP contribution in [-0.2, 0) is 4.74 Å². The van der Waals surface area contributed by atoms with Crippen LogP contribution in [0.3, 0.4) is 0 Å². The SMILES string of the molecule is COCCCNc1ccnc(Nc2ccccc2F)n1. The molecule has 2 aromatic rings. The molecular weight excluding hydrogens is 259 g/mol. The van der Waals surface area contributed by atoms with Crippen molar-refractivity contribution in [3.05, 3.63) is 42.3 Å². The van der Waals surface area contributed by atoms with E-state index in [9.17, 15) is 4.39 Å². The standard InChI is InChI=1S/C14H17FN4O/c1-20-10-4-8-16-13-7-9-17-14(19-13)18-12-6-3-2-5-11(12)15/h2-3,5-7,9H,4,8,10H2,1H3,(H2,16,17,18,19). The Morgan fingerprint density at radius 2 is 2.10 bits per heavy atom. The van der Waals surface area contributed by atoms with Gasteiger partial charge in [-0.2, -0.15) is 4.98 Å². The van der Waals surface area contributed by atoms with E-state index in [4.69, 9.17) is 4.74 Å². The van der Waals surface area contributed by atoms with E-state index in [0.717, 1.165) is 13.0 Å². The molecule has 0 aliphatic heterocycles. The number of hydrogen-bond acceptors (Lipinski definition) is 5. The number of para-hydroxylation sites is 1. The molecule has 0 saturated carbocycles. The number of halogens is 1. The number of anilines is 3. The molecule has 0 spiro atoms. The largest absolute Gasteiger partial charge is 0.385 e. The Labute approximate surface area is 117 Å². The Balaban J connectivity index is 1.97. The lowest BCUT2D eigenvalue weighted by atomic mass is 10.3. The van der Waals surface area contributed by atoms with Crippen LogP contribution in [0.2, 0.25) is 0 Å². The van der Waals surface area contributed by atoms with Crippen molar-refractivity contribution in [3.8, 4) is 0 Å². The van der Waals surface area contributed by atoms with E-state index in [2.05, 4.69) is 20.6 Å². The van der Waals surface area contributed by atoms with Crippen molar-refractivity contribution in [2.45, 2.75) is 6.42 Å². The molecule has 5 nitrogen and oxygen atoms in total. The van der Waals surface area contributed by atoms with Crippen molar-refractivity contribution in [1.82, 2.24) is 9.97 Å². The lowest BCUT2D eigenvalue weighted by molar-refractivity contribution is 0.198. The number of rotatable bonds is 7. The number of aromatic nitrogens is 2. The predicted molar refractivity (Wildman–Crippen MR) is 76.7 cm³/mol. The highest BCUT2D eigenvalue weighted by Crippen LogP contribution is 2.17. The summed E-state index contributed by atoms with van der Waals surface area (Å²) in [5.41, 5.74) is 0.351. The molecule has 1 aromatic heterocycles. The minimum Gasteiger partial charge on any atom is -0.385 e. The highest BCUT2D eigenvalue weighted by Gasteiger charge is 2.03. The molecule has 0 amide bonds. The van der Waals surface area contributed by atoms with Gasteiger partial charge in [-0.05, 0) is 24.6 Å². The molecule has 20 heavy (non-hydrogen) atoms. The maximum absolute atomic E-state index is 13.5. The summed E-state index contributed by atoms with van der Waals surface area (Å²) in [5.74, 6) is 0.705. The molecule has 2 N–H and O–H groups in total. The molecular formula is C14H17FN4O. The third kappa shape index (κ3) is 4.17. The van der Waals surface area contributed by atoms with E-state index < -0.39 is 0 Å². The molecule has 0 aliphatic carbocycles. The van der Waals surface area contributed by atoms with Crippen LogP contribution < -0.4 is 10.6 Å². The predicted octanol–water partition coefficient (Wildman–Crippen LogP) is 2.81. The van der Waals surface area contributed by atoms with Crippen LogP contribution >= 0.6 is 0 Å². The molecule has 0 saturated heterocycles. The summed E-state index contributed by atoms with van der Waals surface area (Å²) in [7, 11) is 1.67. The number of ether oxygens (including phenoxy) is 1. The first kappa shape index (κ1) is 14.2. The van der Waals surface area contributed by atoms with Gasteiger partial charge in [0.2, 0.25) is 5.95 Å². The monoisotopic (exact) mass is 276 g/mol. The van der Waals surface area contributed by atoms with Gasteiger partial charge in [-0.3, -0.25) is 0 Å². The smallest absolute Gasteiger partial charge is 0.229 e. The molecule has 0 radical (unpaired) electrons. The topological polar surface area (TPSA) is 59.1 Å². The van der Waals surface area contributed by atoms with E-state index >= 15 is 0 Å². The fraction of sp³-hybridized carbons (Fsp3) is 0.286. The van der Waals surface area contributed by atoms with Crippen LogP contribution in [0.4, 0.5) is 21.8 Å². The van der Waals surface area contributed by atoms with E-state index in [-0.39, 0.29) is 5.82 Å². The average Bonchev–Trinajstić information content (AvgIpc) is 2.47. The molecule has 0 bridgehead atoms. The number of benzene rings is 1. The first-order valence-corrected chi connectivity index (χ1v) is 6.37. The second-order valence-electron chi connectivity index (χ2n) is 4.14. The van der Waals surface area contributed by atoms with Gasteiger partial charge in [0.15, 0.2) is 0 Å². The molecule has 1 heterocycles. The van der Waals surface area contributed by atoms with Crippen molar-refractivity contribution in [2.75, 3.05) is 30.9 Å². The lowest BCUT2D eigenvalue weighted by Crippen LogP contribution is -2.07. The summed E-state index contributed by atoms with van der Waals surface area (Å²) in [6.45, 7) is 1.45. The first-order valence-electron chi connectivity index (χ1n) is 6.37. The molecule has 1 aromatic carbocycles. The maximum atomic E-state index is 13.5. The molecule has 2 rings (SSSR count). The van der Waals surface area contributed by atoms with Gasteiger partial charge in [-0.15, -0.1) is 0 Å². The zero-order chi connectivity index (χ0) is 14.2. The summed E-state index contributed by atoms with van der Waals surface area (Å²) >= 11 is 0. The third-order valence-corrected chi connectivity index (χ3v) is 2.61. The van der Waals surface area contributed by atoms with E-state index in [0.29, 0.717) is 24.1 Å². The summed E-state index contributed by atoms with van der Waals surface area (Å²) in [5, 5.41) is 6.01. The number of methoxy groups -OCH3 is 1. The van der Waals surface area contributed by atoms with Crippen molar-refractivity contribution in [3.63, 3.8) is 0 Å². The van der Waals surface area contributed by atoms with Crippen molar-refractivity contribution in [1.29, 1.82) is 0 Å². The second kappa shape index (κ2) is 7.40.